The van der Waals surface area contributed by atoms with E-state index in [4.69, 9.17) is 4.74 Å². The van der Waals surface area contributed by atoms with Crippen LogP contribution in [0.3, 0.4) is 0 Å². The molecule has 5 heteroatoms. The van der Waals surface area contributed by atoms with Crippen molar-refractivity contribution in [1.29, 1.82) is 0 Å². The van der Waals surface area contributed by atoms with Crippen molar-refractivity contribution in [2.45, 2.75) is 18.8 Å². The first-order chi connectivity index (χ1) is 10.7. The second-order valence-corrected chi connectivity index (χ2v) is 7.71. The minimum atomic E-state index is -0.0924. The van der Waals surface area contributed by atoms with Gasteiger partial charge in [0.2, 0.25) is 0 Å². The first-order valence-electron chi connectivity index (χ1n) is 7.57. The minimum absolute atomic E-state index is 0.0660. The second kappa shape index (κ2) is 7.11. The van der Waals surface area contributed by atoms with Crippen LogP contribution < -0.4 is 0 Å². The molecule has 0 spiro atoms. The molecule has 3 rings (SSSR count). The zero-order valence-electron chi connectivity index (χ0n) is 12.6. The average molecular weight is 382 g/mol. The van der Waals surface area contributed by atoms with Crippen LogP contribution in [0.5, 0.6) is 0 Å². The van der Waals surface area contributed by atoms with E-state index >= 15 is 0 Å². The van der Waals surface area contributed by atoms with E-state index in [2.05, 4.69) is 50.5 Å². The molecule has 2 aliphatic rings. The van der Waals surface area contributed by atoms with Gasteiger partial charge >= 0.3 is 5.97 Å². The molecular weight excluding hydrogens is 362 g/mol. The maximum absolute atomic E-state index is 12.2. The summed E-state index contributed by atoms with van der Waals surface area (Å²) in [6.07, 6.45) is 9.02. The van der Waals surface area contributed by atoms with Gasteiger partial charge in [-0.3, -0.25) is 9.69 Å². The van der Waals surface area contributed by atoms with Crippen molar-refractivity contribution in [2.75, 3.05) is 26.7 Å². The van der Waals surface area contributed by atoms with Gasteiger partial charge in [0.1, 0.15) is 0 Å². The number of esters is 1. The van der Waals surface area contributed by atoms with Crippen LogP contribution in [0.25, 0.3) is 0 Å². The molecule has 0 aromatic carbocycles. The van der Waals surface area contributed by atoms with Gasteiger partial charge < -0.3 is 4.74 Å². The number of ether oxygens (including phenoxy) is 1. The molecule has 0 saturated carbocycles. The van der Waals surface area contributed by atoms with Crippen molar-refractivity contribution in [2.24, 2.45) is 5.92 Å². The molecule has 1 aromatic rings. The normalized spacial score (nSPS) is 25.3. The number of halogens is 1. The largest absolute Gasteiger partial charge is 0.469 e. The van der Waals surface area contributed by atoms with Gasteiger partial charge in [0.05, 0.1) is 13.0 Å². The third-order valence-electron chi connectivity index (χ3n) is 4.33. The fourth-order valence-corrected chi connectivity index (χ4v) is 4.86. The number of likely N-dealkylation sites (tertiary alicyclic amines) is 1. The summed E-state index contributed by atoms with van der Waals surface area (Å²) in [5, 5.41) is 2.08. The van der Waals surface area contributed by atoms with Gasteiger partial charge in [-0.2, -0.15) is 0 Å². The molecule has 2 atom stereocenters. The predicted octanol–water partition coefficient (Wildman–Crippen LogP) is 3.98. The van der Waals surface area contributed by atoms with Crippen LogP contribution in [0.15, 0.2) is 39.7 Å². The van der Waals surface area contributed by atoms with Gasteiger partial charge in [-0.25, -0.2) is 0 Å². The minimum Gasteiger partial charge on any atom is -0.469 e. The number of thiophene rings is 1. The van der Waals surface area contributed by atoms with E-state index in [1.54, 1.807) is 11.3 Å². The van der Waals surface area contributed by atoms with Gasteiger partial charge in [-0.15, -0.1) is 11.3 Å². The summed E-state index contributed by atoms with van der Waals surface area (Å²) in [4.78, 5) is 15.8. The second-order valence-electron chi connectivity index (χ2n) is 5.86. The monoisotopic (exact) mass is 381 g/mol. The maximum Gasteiger partial charge on any atom is 0.310 e. The predicted molar refractivity (Wildman–Crippen MR) is 93.2 cm³/mol. The lowest BCUT2D eigenvalue weighted by Gasteiger charge is -2.17. The Morgan fingerprint density at radius 1 is 1.45 bits per heavy atom. The number of carbonyl (C=O) groups is 1. The third kappa shape index (κ3) is 3.53. The number of carbonyl (C=O) groups excluding carboxylic acids is 1. The molecule has 2 heterocycles. The Hall–Kier alpha value is -0.910. The molecule has 0 amide bonds. The highest BCUT2D eigenvalue weighted by molar-refractivity contribution is 9.10. The smallest absolute Gasteiger partial charge is 0.310 e. The highest BCUT2D eigenvalue weighted by Gasteiger charge is 2.39. The maximum atomic E-state index is 12.2. The number of hydrogen-bond donors (Lipinski definition) is 0. The number of allylic oxidation sites excluding steroid dienone is 2. The van der Waals surface area contributed by atoms with Gasteiger partial charge in [-0.05, 0) is 40.4 Å². The molecule has 1 aliphatic carbocycles. The van der Waals surface area contributed by atoms with Crippen LogP contribution in [-0.2, 0) is 9.53 Å². The van der Waals surface area contributed by atoms with Gasteiger partial charge in [-0.1, -0.05) is 18.2 Å². The standard InChI is InChI=1S/C17H20BrNO2S/c1-21-17(20)15-10-19(8-12-5-3-2-4-6-12)9-14(15)16-7-13(18)11-22-16/h3,5-7,11,14-15H,2,4,8-10H2,1H3. The summed E-state index contributed by atoms with van der Waals surface area (Å²) >= 11 is 5.23. The summed E-state index contributed by atoms with van der Waals surface area (Å²) in [5.74, 6) is 0.0748. The van der Waals surface area contributed by atoms with E-state index in [1.807, 2.05) is 0 Å². The van der Waals surface area contributed by atoms with Crippen molar-refractivity contribution in [1.82, 2.24) is 4.90 Å². The van der Waals surface area contributed by atoms with Crippen LogP contribution in [0.4, 0.5) is 0 Å². The first kappa shape index (κ1) is 16.0. The van der Waals surface area contributed by atoms with E-state index < -0.39 is 0 Å². The van der Waals surface area contributed by atoms with Crippen molar-refractivity contribution >= 4 is 33.2 Å². The molecule has 1 aliphatic heterocycles. The number of nitrogens with zero attached hydrogens (tertiary/aromatic N) is 1. The Balaban J connectivity index is 1.74. The highest BCUT2D eigenvalue weighted by atomic mass is 79.9. The Morgan fingerprint density at radius 2 is 2.32 bits per heavy atom. The lowest BCUT2D eigenvalue weighted by atomic mass is 9.95. The summed E-state index contributed by atoms with van der Waals surface area (Å²) in [7, 11) is 1.48. The molecule has 2 unspecified atom stereocenters. The molecule has 1 fully saturated rings. The Bertz CT molecular complexity index is 608. The van der Waals surface area contributed by atoms with Crippen molar-refractivity contribution < 1.29 is 9.53 Å². The summed E-state index contributed by atoms with van der Waals surface area (Å²) < 4.78 is 6.12. The van der Waals surface area contributed by atoms with E-state index in [0.29, 0.717) is 0 Å². The van der Waals surface area contributed by atoms with Crippen molar-refractivity contribution in [3.63, 3.8) is 0 Å². The van der Waals surface area contributed by atoms with Crippen molar-refractivity contribution in [3.05, 3.63) is 44.6 Å². The molecule has 1 saturated heterocycles. The molecular formula is C17H20BrNO2S. The molecule has 3 nitrogen and oxygen atoms in total. The van der Waals surface area contributed by atoms with Crippen LogP contribution in [-0.4, -0.2) is 37.6 Å². The van der Waals surface area contributed by atoms with Gasteiger partial charge in [0.15, 0.2) is 0 Å². The van der Waals surface area contributed by atoms with Crippen molar-refractivity contribution in [3.8, 4) is 0 Å². The van der Waals surface area contributed by atoms with Crippen LogP contribution >= 0.6 is 27.3 Å². The van der Waals surface area contributed by atoms with Crippen LogP contribution in [0.2, 0.25) is 0 Å². The zero-order valence-corrected chi connectivity index (χ0v) is 15.0. The highest BCUT2D eigenvalue weighted by Crippen LogP contribution is 2.38. The van der Waals surface area contributed by atoms with Gasteiger partial charge in [0, 0.05) is 40.3 Å². The fourth-order valence-electron chi connectivity index (χ4n) is 3.26. The van der Waals surface area contributed by atoms with Crippen LogP contribution in [0, 0.1) is 5.92 Å². The van der Waals surface area contributed by atoms with Gasteiger partial charge in [0.25, 0.3) is 0 Å². The topological polar surface area (TPSA) is 29.5 Å². The third-order valence-corrected chi connectivity index (χ3v) is 6.16. The fraction of sp³-hybridized carbons (Fsp3) is 0.471. The van der Waals surface area contributed by atoms with E-state index in [1.165, 1.54) is 17.6 Å². The zero-order chi connectivity index (χ0) is 15.5. The Morgan fingerprint density at radius 3 is 2.95 bits per heavy atom. The van der Waals surface area contributed by atoms with E-state index in [0.717, 1.165) is 36.9 Å². The summed E-state index contributed by atoms with van der Waals surface area (Å²) in [5.41, 5.74) is 1.36. The van der Waals surface area contributed by atoms with E-state index in [-0.39, 0.29) is 17.8 Å². The molecule has 0 N–H and O–H groups in total. The summed E-state index contributed by atoms with van der Waals surface area (Å²) in [6, 6.07) is 2.13. The number of hydrogen-bond acceptors (Lipinski definition) is 4. The first-order valence-corrected chi connectivity index (χ1v) is 9.24. The Kier molecular flexibility index (Phi) is 5.16. The molecule has 118 valence electrons. The van der Waals surface area contributed by atoms with Crippen LogP contribution in [0.1, 0.15) is 23.6 Å². The number of rotatable bonds is 4. The quantitative estimate of drug-likeness (QED) is 0.738. The average Bonchev–Trinajstić information content (AvgIpc) is 3.14. The molecule has 22 heavy (non-hydrogen) atoms. The summed E-state index contributed by atoms with van der Waals surface area (Å²) in [6.45, 7) is 2.61. The lowest BCUT2D eigenvalue weighted by molar-refractivity contribution is -0.145. The van der Waals surface area contributed by atoms with E-state index in [9.17, 15) is 4.79 Å². The molecule has 1 aromatic heterocycles. The number of methoxy groups -OCH3 is 1. The Labute approximate surface area is 143 Å². The SMILES string of the molecule is COC(=O)C1CN(CC2=CCCC=C2)CC1c1cc(Br)cs1. The molecule has 0 radical (unpaired) electrons. The molecule has 0 bridgehead atoms. The lowest BCUT2D eigenvalue weighted by Crippen LogP contribution is -2.26.